The van der Waals surface area contributed by atoms with Gasteiger partial charge in [-0.2, -0.15) is 0 Å². The molecule has 2 N–H and O–H groups in total. The van der Waals surface area contributed by atoms with Gasteiger partial charge in [0.05, 0.1) is 30.3 Å². The predicted molar refractivity (Wildman–Crippen MR) is 162 cm³/mol. The van der Waals surface area contributed by atoms with Gasteiger partial charge in [-0.1, -0.05) is 29.8 Å². The highest BCUT2D eigenvalue weighted by Crippen LogP contribution is 2.39. The summed E-state index contributed by atoms with van der Waals surface area (Å²) < 4.78 is 16.6. The molecule has 42 heavy (non-hydrogen) atoms. The van der Waals surface area contributed by atoms with Gasteiger partial charge in [-0.3, -0.25) is 4.90 Å². The number of carbonyl (C=O) groups excluding carboxylic acids is 2. The van der Waals surface area contributed by atoms with Gasteiger partial charge in [0.15, 0.2) is 0 Å². The molecule has 0 radical (unpaired) electrons. The molecular weight excluding hydrogens is 534 g/mol. The van der Waals surface area contributed by atoms with Gasteiger partial charge in [-0.25, -0.2) is 9.59 Å². The average molecular weight is 578 g/mol. The lowest BCUT2D eigenvalue weighted by Crippen LogP contribution is -2.49. The number of nitrogens with one attached hydrogen (secondary N) is 1. The number of esters is 2. The third-order valence-electron chi connectivity index (χ3n) is 7.65. The number of ether oxygens (including phenoxy) is 3. The van der Waals surface area contributed by atoms with Crippen LogP contribution in [0.3, 0.4) is 0 Å². The molecule has 0 spiro atoms. The van der Waals surface area contributed by atoms with E-state index in [0.717, 1.165) is 31.7 Å². The van der Waals surface area contributed by atoms with Crippen LogP contribution in [0, 0.1) is 6.92 Å². The van der Waals surface area contributed by atoms with Crippen molar-refractivity contribution in [3.8, 4) is 5.75 Å². The van der Waals surface area contributed by atoms with Crippen LogP contribution in [-0.2, 0) is 19.1 Å². The molecule has 0 aliphatic carbocycles. The van der Waals surface area contributed by atoms with Gasteiger partial charge in [-0.05, 0) is 64.4 Å². The second kappa shape index (κ2) is 14.4. The Morgan fingerprint density at radius 1 is 0.857 bits per heavy atom. The number of hydrogen-bond donors (Lipinski definition) is 2. The van der Waals surface area contributed by atoms with Crippen LogP contribution in [0.5, 0.6) is 5.75 Å². The molecule has 226 valence electrons. The number of anilines is 1. The summed E-state index contributed by atoms with van der Waals surface area (Å²) >= 11 is 0. The minimum atomic E-state index is -0.650. The molecule has 1 saturated heterocycles. The first-order valence-electron chi connectivity index (χ1n) is 14.7. The molecule has 2 aliphatic heterocycles. The van der Waals surface area contributed by atoms with Crippen LogP contribution in [0.25, 0.3) is 0 Å². The van der Waals surface area contributed by atoms with E-state index in [1.54, 1.807) is 39.8 Å². The van der Waals surface area contributed by atoms with E-state index in [0.29, 0.717) is 34.8 Å². The molecule has 0 aromatic heterocycles. The van der Waals surface area contributed by atoms with Gasteiger partial charge in [0.25, 0.3) is 0 Å². The summed E-state index contributed by atoms with van der Waals surface area (Å²) in [5.41, 5.74) is 5.23. The number of rotatable bonds is 11. The quantitative estimate of drug-likeness (QED) is 0.385. The molecule has 4 rings (SSSR count). The zero-order valence-corrected chi connectivity index (χ0v) is 25.3. The van der Waals surface area contributed by atoms with Crippen LogP contribution >= 0.6 is 0 Å². The number of aliphatic hydroxyl groups is 1. The van der Waals surface area contributed by atoms with Crippen molar-refractivity contribution in [3.63, 3.8) is 0 Å². The first-order chi connectivity index (χ1) is 20.2. The number of aliphatic hydroxyl groups excluding tert-OH is 1. The molecule has 9 nitrogen and oxygen atoms in total. The summed E-state index contributed by atoms with van der Waals surface area (Å²) in [4.78, 5) is 30.6. The lowest BCUT2D eigenvalue weighted by Gasteiger charge is -2.36. The van der Waals surface area contributed by atoms with Crippen molar-refractivity contribution in [2.45, 2.75) is 46.6 Å². The topological polar surface area (TPSA) is 101 Å². The van der Waals surface area contributed by atoms with Crippen molar-refractivity contribution in [2.24, 2.45) is 0 Å². The molecule has 2 aromatic carbocycles. The molecule has 0 bridgehead atoms. The lowest BCUT2D eigenvalue weighted by atomic mass is 9.80. The van der Waals surface area contributed by atoms with E-state index in [9.17, 15) is 14.7 Å². The van der Waals surface area contributed by atoms with Crippen molar-refractivity contribution in [2.75, 3.05) is 57.4 Å². The second-order valence-electron chi connectivity index (χ2n) is 10.7. The minimum Gasteiger partial charge on any atom is -0.491 e. The molecule has 0 saturated carbocycles. The molecule has 1 fully saturated rings. The van der Waals surface area contributed by atoms with Gasteiger partial charge in [0.1, 0.15) is 18.5 Å². The largest absolute Gasteiger partial charge is 0.491 e. The number of aryl methyl sites for hydroxylation is 1. The lowest BCUT2D eigenvalue weighted by molar-refractivity contribution is -0.139. The Bertz CT molecular complexity index is 1250. The average Bonchev–Trinajstić information content (AvgIpc) is 2.97. The summed E-state index contributed by atoms with van der Waals surface area (Å²) in [5, 5.41) is 13.8. The number of β-amino-alcohol motifs (C(OH)–C–C–N with tert-alkyl or cyclic N) is 1. The van der Waals surface area contributed by atoms with Gasteiger partial charge in [0.2, 0.25) is 0 Å². The van der Waals surface area contributed by atoms with E-state index in [-0.39, 0.29) is 19.8 Å². The molecule has 2 heterocycles. The molecule has 1 unspecified atom stereocenters. The highest BCUT2D eigenvalue weighted by molar-refractivity contribution is 5.99. The van der Waals surface area contributed by atoms with Crippen LogP contribution < -0.4 is 15.0 Å². The Balaban J connectivity index is 1.37. The number of dihydropyridines is 1. The maximum Gasteiger partial charge on any atom is 0.336 e. The molecule has 1 atom stereocenters. The molecule has 2 aliphatic rings. The van der Waals surface area contributed by atoms with Crippen molar-refractivity contribution < 1.29 is 28.9 Å². The van der Waals surface area contributed by atoms with Gasteiger partial charge in [0, 0.05) is 49.8 Å². The molecule has 2 aromatic rings. The fourth-order valence-electron chi connectivity index (χ4n) is 5.53. The Hall–Kier alpha value is -3.82. The summed E-state index contributed by atoms with van der Waals surface area (Å²) in [6.07, 6.45) is -0.637. The van der Waals surface area contributed by atoms with Crippen LogP contribution in [0.2, 0.25) is 0 Å². The molecule has 0 amide bonds. The summed E-state index contributed by atoms with van der Waals surface area (Å²) in [6.45, 7) is 13.9. The Kier molecular flexibility index (Phi) is 10.7. The van der Waals surface area contributed by atoms with Crippen molar-refractivity contribution in [1.82, 2.24) is 10.2 Å². The molecule has 9 heteroatoms. The number of hydrogen-bond acceptors (Lipinski definition) is 9. The van der Waals surface area contributed by atoms with E-state index in [2.05, 4.69) is 46.3 Å². The number of nitrogens with zero attached hydrogens (tertiary/aromatic N) is 2. The van der Waals surface area contributed by atoms with Gasteiger partial charge >= 0.3 is 11.9 Å². The van der Waals surface area contributed by atoms with Gasteiger partial charge < -0.3 is 29.5 Å². The highest BCUT2D eigenvalue weighted by Gasteiger charge is 2.38. The zero-order valence-electron chi connectivity index (χ0n) is 25.3. The predicted octanol–water partition coefficient (Wildman–Crippen LogP) is 3.92. The van der Waals surface area contributed by atoms with Gasteiger partial charge in [-0.15, -0.1) is 0 Å². The standard InChI is InChI=1S/C33H43N3O6/c1-6-40-32(38)29-23(4)34-24(5)30(33(39)41-7-2)31(29)25-10-14-28(15-11-25)42-21-27(37)20-35-16-18-36(19-17-35)26-12-8-22(3)9-13-26/h8-15,27,31,34,37H,6-7,16-21H2,1-5H3. The fraction of sp³-hybridized carbons (Fsp3) is 0.455. The van der Waals surface area contributed by atoms with Crippen molar-refractivity contribution >= 4 is 17.6 Å². The van der Waals surface area contributed by atoms with E-state index in [1.165, 1.54) is 11.3 Å². The van der Waals surface area contributed by atoms with E-state index in [1.807, 2.05) is 12.1 Å². The summed E-state index contributed by atoms with van der Waals surface area (Å²) in [6, 6.07) is 15.8. The maximum atomic E-state index is 13.0. The normalized spacial score (nSPS) is 17.1. The summed E-state index contributed by atoms with van der Waals surface area (Å²) in [7, 11) is 0. The zero-order chi connectivity index (χ0) is 30.2. The van der Waals surface area contributed by atoms with Crippen LogP contribution in [-0.4, -0.2) is 80.6 Å². The molecular formula is C33H43N3O6. The third-order valence-corrected chi connectivity index (χ3v) is 7.65. The third kappa shape index (κ3) is 7.52. The van der Waals surface area contributed by atoms with Crippen molar-refractivity contribution in [1.29, 1.82) is 0 Å². The monoisotopic (exact) mass is 577 g/mol. The van der Waals surface area contributed by atoms with Crippen LogP contribution in [0.15, 0.2) is 71.1 Å². The maximum absolute atomic E-state index is 13.0. The van der Waals surface area contributed by atoms with E-state index < -0.39 is 24.0 Å². The minimum absolute atomic E-state index is 0.158. The smallest absolute Gasteiger partial charge is 0.336 e. The first kappa shape index (κ1) is 31.1. The van der Waals surface area contributed by atoms with E-state index >= 15 is 0 Å². The highest BCUT2D eigenvalue weighted by atomic mass is 16.5. The SMILES string of the molecule is CCOC(=O)C1=C(C)NC(C)=C(C(=O)OCC)C1c1ccc(OCC(O)CN2CCN(c3ccc(C)cc3)CC2)cc1. The van der Waals surface area contributed by atoms with E-state index in [4.69, 9.17) is 14.2 Å². The summed E-state index contributed by atoms with van der Waals surface area (Å²) in [5.74, 6) is -1.02. The first-order valence-corrected chi connectivity index (χ1v) is 14.7. The fourth-order valence-corrected chi connectivity index (χ4v) is 5.53. The number of allylic oxidation sites excluding steroid dienone is 2. The Labute approximate surface area is 248 Å². The van der Waals surface area contributed by atoms with Crippen LogP contribution in [0.4, 0.5) is 5.69 Å². The number of benzene rings is 2. The number of piperazine rings is 1. The Morgan fingerprint density at radius 2 is 1.40 bits per heavy atom. The van der Waals surface area contributed by atoms with Crippen molar-refractivity contribution in [3.05, 3.63) is 82.2 Å². The Morgan fingerprint density at radius 3 is 1.93 bits per heavy atom. The second-order valence-corrected chi connectivity index (χ2v) is 10.7. The number of carbonyl (C=O) groups is 2. The van der Waals surface area contributed by atoms with Crippen LogP contribution in [0.1, 0.15) is 44.7 Å².